The van der Waals surface area contributed by atoms with Crippen molar-refractivity contribution in [1.82, 2.24) is 9.97 Å². The summed E-state index contributed by atoms with van der Waals surface area (Å²) in [5, 5.41) is 10.7. The van der Waals surface area contributed by atoms with Gasteiger partial charge in [-0.3, -0.25) is 4.79 Å². The Labute approximate surface area is 165 Å². The third-order valence-electron chi connectivity index (χ3n) is 3.78. The Bertz CT molecular complexity index is 855. The fourth-order valence-electron chi connectivity index (χ4n) is 2.64. The predicted octanol–water partition coefficient (Wildman–Crippen LogP) is 5.75. The second kappa shape index (κ2) is 8.28. The molecule has 2 N–H and O–H groups in total. The van der Waals surface area contributed by atoms with Gasteiger partial charge in [0, 0.05) is 17.4 Å². The lowest BCUT2D eigenvalue weighted by Crippen LogP contribution is -2.10. The third kappa shape index (κ3) is 4.79. The lowest BCUT2D eigenvalue weighted by molar-refractivity contribution is -0.137. The fourth-order valence-corrected chi connectivity index (χ4v) is 3.09. The maximum absolute atomic E-state index is 11.2. The molecule has 3 aromatic rings. The maximum atomic E-state index is 11.2. The van der Waals surface area contributed by atoms with E-state index in [4.69, 9.17) is 34.8 Å². The van der Waals surface area contributed by atoms with Gasteiger partial charge in [-0.1, -0.05) is 46.9 Å². The molecule has 2 aromatic carbocycles. The Morgan fingerprint density at radius 3 is 2.40 bits per heavy atom. The number of halogens is 4. The number of hydrogen-bond donors (Lipinski definition) is 2. The molecular weight excluding hydrogens is 406 g/mol. The van der Waals surface area contributed by atoms with Gasteiger partial charge >= 0.3 is 5.97 Å². The minimum absolute atomic E-state index is 0. The molecule has 1 atom stereocenters. The molecule has 4 nitrogen and oxygen atoms in total. The van der Waals surface area contributed by atoms with Crippen molar-refractivity contribution in [3.05, 3.63) is 62.9 Å². The predicted molar refractivity (Wildman–Crippen MR) is 104 cm³/mol. The SMILES string of the molecule is Cl.O=C(O)CC(Cc1nc2cc(Cl)c(Cl)cc2[nH]1)c1ccc(Cl)cc1. The molecule has 1 unspecified atom stereocenters. The van der Waals surface area contributed by atoms with Crippen molar-refractivity contribution < 1.29 is 9.90 Å². The molecular formula is C17H14Cl4N2O2. The van der Waals surface area contributed by atoms with Crippen molar-refractivity contribution in [2.75, 3.05) is 0 Å². The molecule has 0 aliphatic carbocycles. The highest BCUT2D eigenvalue weighted by molar-refractivity contribution is 6.42. The largest absolute Gasteiger partial charge is 0.481 e. The number of aliphatic carboxylic acids is 1. The van der Waals surface area contributed by atoms with Gasteiger partial charge in [0.15, 0.2) is 0 Å². The van der Waals surface area contributed by atoms with E-state index in [0.717, 1.165) is 11.1 Å². The van der Waals surface area contributed by atoms with Gasteiger partial charge in [-0.2, -0.15) is 0 Å². The van der Waals surface area contributed by atoms with Crippen LogP contribution < -0.4 is 0 Å². The number of nitrogens with one attached hydrogen (secondary N) is 1. The van der Waals surface area contributed by atoms with Crippen LogP contribution in [0.1, 0.15) is 23.7 Å². The number of carboxylic acid groups (broad SMARTS) is 1. The van der Waals surface area contributed by atoms with Crippen LogP contribution in [0.3, 0.4) is 0 Å². The van der Waals surface area contributed by atoms with Crippen LogP contribution in [0.4, 0.5) is 0 Å². The lowest BCUT2D eigenvalue weighted by atomic mass is 9.92. The van der Waals surface area contributed by atoms with Gasteiger partial charge in [-0.15, -0.1) is 12.4 Å². The topological polar surface area (TPSA) is 66.0 Å². The number of carboxylic acids is 1. The molecule has 0 saturated heterocycles. The first kappa shape index (κ1) is 19.9. The minimum atomic E-state index is -0.864. The summed E-state index contributed by atoms with van der Waals surface area (Å²) < 4.78 is 0. The smallest absolute Gasteiger partial charge is 0.303 e. The van der Waals surface area contributed by atoms with Gasteiger partial charge < -0.3 is 10.1 Å². The molecule has 0 bridgehead atoms. The molecule has 132 valence electrons. The van der Waals surface area contributed by atoms with Crippen LogP contribution >= 0.6 is 47.2 Å². The molecule has 1 heterocycles. The van der Waals surface area contributed by atoms with E-state index in [1.54, 1.807) is 24.3 Å². The Hall–Kier alpha value is -1.46. The van der Waals surface area contributed by atoms with Crippen molar-refractivity contribution in [2.45, 2.75) is 18.8 Å². The number of H-pyrrole nitrogens is 1. The van der Waals surface area contributed by atoms with E-state index in [1.807, 2.05) is 12.1 Å². The second-order valence-corrected chi connectivity index (χ2v) is 6.77. The van der Waals surface area contributed by atoms with Crippen molar-refractivity contribution in [3.8, 4) is 0 Å². The summed E-state index contributed by atoms with van der Waals surface area (Å²) in [7, 11) is 0. The monoisotopic (exact) mass is 418 g/mol. The number of aromatic nitrogens is 2. The fraction of sp³-hybridized carbons (Fsp3) is 0.176. The van der Waals surface area contributed by atoms with Gasteiger partial charge in [0.2, 0.25) is 0 Å². The van der Waals surface area contributed by atoms with Crippen LogP contribution in [0.25, 0.3) is 11.0 Å². The van der Waals surface area contributed by atoms with Crippen LogP contribution in [0.5, 0.6) is 0 Å². The minimum Gasteiger partial charge on any atom is -0.481 e. The standard InChI is InChI=1S/C17H13Cl3N2O2.ClH/c18-11-3-1-9(2-4-11)10(6-17(23)24)5-16-21-14-7-12(19)13(20)8-15(14)22-16;/h1-4,7-8,10H,5-6H2,(H,21,22)(H,23,24);1H. The van der Waals surface area contributed by atoms with E-state index >= 15 is 0 Å². The molecule has 0 fully saturated rings. The van der Waals surface area contributed by atoms with Crippen molar-refractivity contribution in [2.24, 2.45) is 0 Å². The summed E-state index contributed by atoms with van der Waals surface area (Å²) in [6, 6.07) is 10.6. The summed E-state index contributed by atoms with van der Waals surface area (Å²) in [6.45, 7) is 0. The molecule has 8 heteroatoms. The van der Waals surface area contributed by atoms with Crippen LogP contribution in [0.2, 0.25) is 15.1 Å². The number of hydrogen-bond acceptors (Lipinski definition) is 2. The zero-order chi connectivity index (χ0) is 17.3. The Morgan fingerprint density at radius 2 is 1.76 bits per heavy atom. The lowest BCUT2D eigenvalue weighted by Gasteiger charge is -2.14. The molecule has 0 aliphatic rings. The van der Waals surface area contributed by atoms with Crippen LogP contribution in [0.15, 0.2) is 36.4 Å². The molecule has 25 heavy (non-hydrogen) atoms. The number of fused-ring (bicyclic) bond motifs is 1. The van der Waals surface area contributed by atoms with Gasteiger partial charge in [0.25, 0.3) is 0 Å². The number of benzene rings is 2. The maximum Gasteiger partial charge on any atom is 0.303 e. The number of imidazole rings is 1. The molecule has 3 rings (SSSR count). The van der Waals surface area contributed by atoms with E-state index in [9.17, 15) is 9.90 Å². The number of nitrogens with zero attached hydrogens (tertiary/aromatic N) is 1. The van der Waals surface area contributed by atoms with Gasteiger partial charge in [0.05, 0.1) is 27.5 Å². The van der Waals surface area contributed by atoms with Gasteiger partial charge in [-0.05, 0) is 29.8 Å². The summed E-state index contributed by atoms with van der Waals surface area (Å²) >= 11 is 17.9. The van der Waals surface area contributed by atoms with E-state index in [1.165, 1.54) is 0 Å². The van der Waals surface area contributed by atoms with Crippen molar-refractivity contribution in [1.29, 1.82) is 0 Å². The van der Waals surface area contributed by atoms with Gasteiger partial charge in [0.1, 0.15) is 5.82 Å². The Kier molecular flexibility index (Phi) is 6.58. The molecule has 0 radical (unpaired) electrons. The first-order valence-corrected chi connectivity index (χ1v) is 8.36. The van der Waals surface area contributed by atoms with Crippen LogP contribution in [0, 0.1) is 0 Å². The van der Waals surface area contributed by atoms with Crippen LogP contribution in [-0.4, -0.2) is 21.0 Å². The molecule has 0 spiro atoms. The molecule has 1 aromatic heterocycles. The quantitative estimate of drug-likeness (QED) is 0.553. The van der Waals surface area contributed by atoms with Crippen molar-refractivity contribution >= 4 is 64.2 Å². The van der Waals surface area contributed by atoms with Crippen molar-refractivity contribution in [3.63, 3.8) is 0 Å². The van der Waals surface area contributed by atoms with E-state index in [2.05, 4.69) is 9.97 Å². The number of aromatic amines is 1. The summed E-state index contributed by atoms with van der Waals surface area (Å²) in [4.78, 5) is 18.9. The highest BCUT2D eigenvalue weighted by atomic mass is 35.5. The van der Waals surface area contributed by atoms with Gasteiger partial charge in [-0.25, -0.2) is 4.98 Å². The van der Waals surface area contributed by atoms with E-state index in [0.29, 0.717) is 32.8 Å². The Balaban J connectivity index is 0.00000225. The normalized spacial score (nSPS) is 12.0. The second-order valence-electron chi connectivity index (χ2n) is 5.52. The Morgan fingerprint density at radius 1 is 1.12 bits per heavy atom. The van der Waals surface area contributed by atoms with E-state index < -0.39 is 5.97 Å². The third-order valence-corrected chi connectivity index (χ3v) is 4.75. The average Bonchev–Trinajstić information content (AvgIpc) is 2.88. The highest BCUT2D eigenvalue weighted by Gasteiger charge is 2.18. The van der Waals surface area contributed by atoms with Crippen LogP contribution in [-0.2, 0) is 11.2 Å². The summed E-state index contributed by atoms with van der Waals surface area (Å²) in [6.07, 6.45) is 0.456. The molecule has 0 aliphatic heterocycles. The first-order chi connectivity index (χ1) is 11.4. The first-order valence-electron chi connectivity index (χ1n) is 7.23. The summed E-state index contributed by atoms with van der Waals surface area (Å²) in [5.41, 5.74) is 2.37. The highest BCUT2D eigenvalue weighted by Crippen LogP contribution is 2.29. The zero-order valence-corrected chi connectivity index (χ0v) is 15.9. The molecule has 0 saturated carbocycles. The zero-order valence-electron chi connectivity index (χ0n) is 12.8. The molecule has 0 amide bonds. The number of carbonyl (C=O) groups is 1. The summed E-state index contributed by atoms with van der Waals surface area (Å²) in [5.74, 6) is -0.395. The number of rotatable bonds is 5. The average molecular weight is 420 g/mol. The van der Waals surface area contributed by atoms with E-state index in [-0.39, 0.29) is 24.7 Å².